The van der Waals surface area contributed by atoms with Crippen LogP contribution in [-0.2, 0) is 25.6 Å². The molecule has 10 heteroatoms. The maximum atomic E-state index is 13.1. The minimum atomic E-state index is -1.19. The van der Waals surface area contributed by atoms with Crippen LogP contribution in [0, 0.1) is 5.92 Å². The Hall–Kier alpha value is -3.14. The summed E-state index contributed by atoms with van der Waals surface area (Å²) >= 11 is 0. The van der Waals surface area contributed by atoms with Crippen LogP contribution in [-0.4, -0.2) is 65.1 Å². The molecule has 0 spiro atoms. The molecule has 1 aromatic carbocycles. The zero-order valence-electron chi connectivity index (χ0n) is 18.4. The number of carbonyl (C=O) groups is 4. The summed E-state index contributed by atoms with van der Waals surface area (Å²) < 4.78 is 0. The molecule has 3 amide bonds. The normalized spacial score (nSPS) is 17.4. The summed E-state index contributed by atoms with van der Waals surface area (Å²) in [5.41, 5.74) is 0.721. The monoisotopic (exact) mass is 448 g/mol. The molecule has 1 aliphatic rings. The van der Waals surface area contributed by atoms with Gasteiger partial charge in [-0.3, -0.25) is 19.2 Å². The van der Waals surface area contributed by atoms with Crippen LogP contribution in [0.15, 0.2) is 24.3 Å². The Labute approximate surface area is 187 Å². The molecule has 3 unspecified atom stereocenters. The van der Waals surface area contributed by atoms with Gasteiger partial charge in [-0.1, -0.05) is 26.0 Å². The fourth-order valence-corrected chi connectivity index (χ4v) is 3.52. The quantitative estimate of drug-likeness (QED) is 0.276. The molecule has 32 heavy (non-hydrogen) atoms. The van der Waals surface area contributed by atoms with Crippen LogP contribution in [0.5, 0.6) is 5.75 Å². The predicted molar refractivity (Wildman–Crippen MR) is 117 cm³/mol. The van der Waals surface area contributed by atoms with E-state index in [9.17, 15) is 24.3 Å². The largest absolute Gasteiger partial charge is 0.508 e. The number of carboxylic acids is 1. The highest BCUT2D eigenvalue weighted by molar-refractivity contribution is 5.93. The van der Waals surface area contributed by atoms with Gasteiger partial charge < -0.3 is 31.5 Å². The zero-order chi connectivity index (χ0) is 23.7. The molecule has 1 saturated heterocycles. The number of rotatable bonds is 11. The number of nitrogens with one attached hydrogen (secondary N) is 4. The minimum absolute atomic E-state index is 0.0590. The predicted octanol–water partition coefficient (Wildman–Crippen LogP) is -0.0968. The van der Waals surface area contributed by atoms with E-state index < -0.39 is 36.4 Å². The first-order valence-corrected chi connectivity index (χ1v) is 10.8. The Morgan fingerprint density at radius 1 is 1.06 bits per heavy atom. The number of carbonyl (C=O) groups excluding carboxylic acids is 3. The highest BCUT2D eigenvalue weighted by Crippen LogP contribution is 2.13. The first-order chi connectivity index (χ1) is 15.2. The fourth-order valence-electron chi connectivity index (χ4n) is 3.52. The van der Waals surface area contributed by atoms with Gasteiger partial charge in [0.05, 0.1) is 6.04 Å². The van der Waals surface area contributed by atoms with Crippen LogP contribution in [0.3, 0.4) is 0 Å². The second-order valence-corrected chi connectivity index (χ2v) is 8.38. The van der Waals surface area contributed by atoms with Gasteiger partial charge in [0.2, 0.25) is 17.7 Å². The van der Waals surface area contributed by atoms with E-state index in [-0.39, 0.29) is 30.0 Å². The smallest absolute Gasteiger partial charge is 0.322 e. The Morgan fingerprint density at radius 3 is 2.31 bits per heavy atom. The van der Waals surface area contributed by atoms with Crippen molar-refractivity contribution in [2.24, 2.45) is 5.92 Å². The van der Waals surface area contributed by atoms with Crippen molar-refractivity contribution in [3.8, 4) is 5.75 Å². The standard InChI is InChI=1S/C22H32N4O6/c1-13(2)10-17(20(30)24-12-19(28)29)25-22(32)18(11-14-5-7-15(27)8-6-14)26-21(31)16-4-3-9-23-16/h5-8,13,16-18,23,27H,3-4,9-12H2,1-2H3,(H,24,30)(H,25,32)(H,26,31)(H,28,29). The van der Waals surface area contributed by atoms with Gasteiger partial charge >= 0.3 is 5.97 Å². The molecule has 2 rings (SSSR count). The lowest BCUT2D eigenvalue weighted by atomic mass is 10.0. The number of amides is 3. The molecule has 10 nitrogen and oxygen atoms in total. The number of carboxylic acid groups (broad SMARTS) is 1. The summed E-state index contributed by atoms with van der Waals surface area (Å²) in [5.74, 6) is -2.47. The van der Waals surface area contributed by atoms with Crippen LogP contribution in [0.4, 0.5) is 0 Å². The molecule has 1 fully saturated rings. The highest BCUT2D eigenvalue weighted by Gasteiger charge is 2.30. The Balaban J connectivity index is 2.15. The van der Waals surface area contributed by atoms with Gasteiger partial charge in [-0.25, -0.2) is 0 Å². The molecule has 1 heterocycles. The van der Waals surface area contributed by atoms with E-state index in [0.717, 1.165) is 18.5 Å². The van der Waals surface area contributed by atoms with Crippen molar-refractivity contribution in [2.75, 3.05) is 13.1 Å². The third-order valence-electron chi connectivity index (χ3n) is 5.14. The summed E-state index contributed by atoms with van der Waals surface area (Å²) in [6.07, 6.45) is 2.01. The van der Waals surface area contributed by atoms with E-state index in [2.05, 4.69) is 21.3 Å². The Bertz CT molecular complexity index is 805. The number of phenols is 1. The molecule has 0 aromatic heterocycles. The van der Waals surface area contributed by atoms with Crippen LogP contribution in [0.25, 0.3) is 0 Å². The van der Waals surface area contributed by atoms with Gasteiger partial charge in [0.1, 0.15) is 24.4 Å². The van der Waals surface area contributed by atoms with Crippen LogP contribution in [0.1, 0.15) is 38.7 Å². The fraction of sp³-hybridized carbons (Fsp3) is 0.545. The average molecular weight is 449 g/mol. The lowest BCUT2D eigenvalue weighted by Gasteiger charge is -2.25. The van der Waals surface area contributed by atoms with Crippen molar-refractivity contribution < 1.29 is 29.4 Å². The number of benzene rings is 1. The second kappa shape index (κ2) is 12.0. The van der Waals surface area contributed by atoms with Crippen molar-refractivity contribution in [2.45, 2.75) is 57.7 Å². The van der Waals surface area contributed by atoms with E-state index in [1.165, 1.54) is 12.1 Å². The Morgan fingerprint density at radius 2 is 1.75 bits per heavy atom. The molecule has 0 bridgehead atoms. The van der Waals surface area contributed by atoms with Crippen LogP contribution in [0.2, 0.25) is 0 Å². The van der Waals surface area contributed by atoms with Gasteiger partial charge in [-0.05, 0) is 49.4 Å². The molecule has 176 valence electrons. The van der Waals surface area contributed by atoms with E-state index in [1.807, 2.05) is 13.8 Å². The molecular formula is C22H32N4O6. The first kappa shape index (κ1) is 25.1. The van der Waals surface area contributed by atoms with Crippen molar-refractivity contribution in [3.63, 3.8) is 0 Å². The SMILES string of the molecule is CC(C)CC(NC(=O)C(Cc1ccc(O)cc1)NC(=O)C1CCCN1)C(=O)NCC(=O)O. The van der Waals surface area contributed by atoms with Crippen molar-refractivity contribution >= 4 is 23.7 Å². The summed E-state index contributed by atoms with van der Waals surface area (Å²) in [5, 5.41) is 29.1. The maximum absolute atomic E-state index is 13.1. The van der Waals surface area contributed by atoms with Gasteiger partial charge in [-0.15, -0.1) is 0 Å². The first-order valence-electron chi connectivity index (χ1n) is 10.8. The second-order valence-electron chi connectivity index (χ2n) is 8.38. The van der Waals surface area contributed by atoms with Crippen molar-refractivity contribution in [3.05, 3.63) is 29.8 Å². The van der Waals surface area contributed by atoms with Gasteiger partial charge in [0, 0.05) is 6.42 Å². The molecule has 0 radical (unpaired) electrons. The number of aromatic hydroxyl groups is 1. The summed E-state index contributed by atoms with van der Waals surface area (Å²) in [6.45, 7) is 3.94. The molecule has 0 saturated carbocycles. The van der Waals surface area contributed by atoms with Gasteiger partial charge in [-0.2, -0.15) is 0 Å². The zero-order valence-corrected chi connectivity index (χ0v) is 18.4. The van der Waals surface area contributed by atoms with Crippen LogP contribution >= 0.6 is 0 Å². The van der Waals surface area contributed by atoms with Crippen molar-refractivity contribution in [1.29, 1.82) is 0 Å². The van der Waals surface area contributed by atoms with E-state index in [0.29, 0.717) is 12.8 Å². The Kier molecular flexibility index (Phi) is 9.45. The molecule has 6 N–H and O–H groups in total. The van der Waals surface area contributed by atoms with Crippen molar-refractivity contribution in [1.82, 2.24) is 21.3 Å². The van der Waals surface area contributed by atoms with Gasteiger partial charge in [0.15, 0.2) is 0 Å². The summed E-state index contributed by atoms with van der Waals surface area (Å²) in [6, 6.07) is 4.02. The minimum Gasteiger partial charge on any atom is -0.508 e. The van der Waals surface area contributed by atoms with E-state index in [4.69, 9.17) is 5.11 Å². The maximum Gasteiger partial charge on any atom is 0.322 e. The lowest BCUT2D eigenvalue weighted by molar-refractivity contribution is -0.138. The highest BCUT2D eigenvalue weighted by atomic mass is 16.4. The molecule has 1 aliphatic heterocycles. The van der Waals surface area contributed by atoms with E-state index in [1.54, 1.807) is 12.1 Å². The molecule has 0 aliphatic carbocycles. The van der Waals surface area contributed by atoms with Crippen LogP contribution < -0.4 is 21.3 Å². The third-order valence-corrected chi connectivity index (χ3v) is 5.14. The molecular weight excluding hydrogens is 416 g/mol. The number of aliphatic carboxylic acids is 1. The van der Waals surface area contributed by atoms with Gasteiger partial charge in [0.25, 0.3) is 0 Å². The number of hydrogen-bond donors (Lipinski definition) is 6. The summed E-state index contributed by atoms with van der Waals surface area (Å²) in [4.78, 5) is 49.0. The number of phenolic OH excluding ortho intramolecular Hbond substituents is 1. The molecule has 1 aromatic rings. The third kappa shape index (κ3) is 8.18. The molecule has 3 atom stereocenters. The van der Waals surface area contributed by atoms with E-state index >= 15 is 0 Å². The summed E-state index contributed by atoms with van der Waals surface area (Å²) in [7, 11) is 0. The number of hydrogen-bond acceptors (Lipinski definition) is 6. The average Bonchev–Trinajstić information content (AvgIpc) is 3.27. The topological polar surface area (TPSA) is 157 Å². The lowest BCUT2D eigenvalue weighted by Crippen LogP contribution is -2.56.